The van der Waals surface area contributed by atoms with Gasteiger partial charge in [0.15, 0.2) is 0 Å². The number of benzene rings is 2. The molecular formula is C25H26N4O. The predicted molar refractivity (Wildman–Crippen MR) is 119 cm³/mol. The fourth-order valence-corrected chi connectivity index (χ4v) is 5.10. The molecule has 2 aliphatic rings. The van der Waals surface area contributed by atoms with Gasteiger partial charge >= 0.3 is 0 Å². The SMILES string of the molecule is Nc1ccnc(N2CCC3(CC2)CC(NC(=O)c2ccccc2)c2ccccc23)c1. The lowest BCUT2D eigenvalue weighted by Crippen LogP contribution is -2.42. The van der Waals surface area contributed by atoms with E-state index in [2.05, 4.69) is 39.5 Å². The van der Waals surface area contributed by atoms with Gasteiger partial charge in [-0.2, -0.15) is 0 Å². The Morgan fingerprint density at radius 2 is 1.77 bits per heavy atom. The molecule has 1 aliphatic carbocycles. The van der Waals surface area contributed by atoms with Crippen molar-refractivity contribution in [2.75, 3.05) is 23.7 Å². The van der Waals surface area contributed by atoms with E-state index in [1.807, 2.05) is 42.5 Å². The zero-order valence-electron chi connectivity index (χ0n) is 16.9. The number of nitrogen functional groups attached to an aromatic ring is 1. The largest absolute Gasteiger partial charge is 0.399 e. The average Bonchev–Trinajstić information content (AvgIpc) is 3.08. The second-order valence-electron chi connectivity index (χ2n) is 8.40. The van der Waals surface area contributed by atoms with Crippen LogP contribution in [0.25, 0.3) is 0 Å². The molecule has 2 heterocycles. The number of fused-ring (bicyclic) bond motifs is 2. The first kappa shape index (κ1) is 18.7. The fraction of sp³-hybridized carbons (Fsp3) is 0.280. The van der Waals surface area contributed by atoms with Crippen molar-refractivity contribution >= 4 is 17.4 Å². The number of carbonyl (C=O) groups excluding carboxylic acids is 1. The Morgan fingerprint density at radius 3 is 2.53 bits per heavy atom. The van der Waals surface area contributed by atoms with Gasteiger partial charge in [-0.25, -0.2) is 4.98 Å². The Kier molecular flexibility index (Phi) is 4.66. The first-order valence-electron chi connectivity index (χ1n) is 10.6. The van der Waals surface area contributed by atoms with Gasteiger partial charge in [0.05, 0.1) is 6.04 Å². The Bertz CT molecular complexity index is 1060. The van der Waals surface area contributed by atoms with Gasteiger partial charge in [-0.05, 0) is 48.6 Å². The highest BCUT2D eigenvalue weighted by Gasteiger charge is 2.45. The zero-order chi connectivity index (χ0) is 20.6. The summed E-state index contributed by atoms with van der Waals surface area (Å²) in [7, 11) is 0. The van der Waals surface area contributed by atoms with Gasteiger partial charge in [-0.15, -0.1) is 0 Å². The Balaban J connectivity index is 1.36. The van der Waals surface area contributed by atoms with E-state index in [9.17, 15) is 4.79 Å². The van der Waals surface area contributed by atoms with E-state index < -0.39 is 0 Å². The van der Waals surface area contributed by atoms with E-state index in [0.717, 1.165) is 43.9 Å². The molecule has 5 rings (SSSR count). The maximum absolute atomic E-state index is 12.8. The lowest BCUT2D eigenvalue weighted by Gasteiger charge is -2.41. The van der Waals surface area contributed by atoms with Crippen LogP contribution in [0, 0.1) is 0 Å². The van der Waals surface area contributed by atoms with Crippen LogP contribution in [0.5, 0.6) is 0 Å². The molecule has 1 unspecified atom stereocenters. The molecule has 1 aliphatic heterocycles. The van der Waals surface area contributed by atoms with Crippen molar-refractivity contribution in [1.82, 2.24) is 10.3 Å². The lowest BCUT2D eigenvalue weighted by atomic mass is 9.73. The maximum atomic E-state index is 12.8. The number of hydrogen-bond donors (Lipinski definition) is 2. The summed E-state index contributed by atoms with van der Waals surface area (Å²) >= 11 is 0. The minimum Gasteiger partial charge on any atom is -0.399 e. The summed E-state index contributed by atoms with van der Waals surface area (Å²) in [5.41, 5.74) is 10.2. The van der Waals surface area contributed by atoms with Gasteiger partial charge in [-0.1, -0.05) is 42.5 Å². The number of carbonyl (C=O) groups is 1. The minimum atomic E-state index is -0.00569. The summed E-state index contributed by atoms with van der Waals surface area (Å²) in [6.07, 6.45) is 4.80. The number of hydrogen-bond acceptors (Lipinski definition) is 4. The zero-order valence-corrected chi connectivity index (χ0v) is 16.9. The highest BCUT2D eigenvalue weighted by molar-refractivity contribution is 5.94. The molecule has 5 nitrogen and oxygen atoms in total. The van der Waals surface area contributed by atoms with E-state index in [1.54, 1.807) is 6.20 Å². The molecule has 0 saturated carbocycles. The van der Waals surface area contributed by atoms with Crippen LogP contribution >= 0.6 is 0 Å². The molecule has 3 aromatic rings. The highest BCUT2D eigenvalue weighted by atomic mass is 16.1. The molecule has 5 heteroatoms. The van der Waals surface area contributed by atoms with Gasteiger partial charge in [0.1, 0.15) is 5.82 Å². The molecule has 152 valence electrons. The first-order valence-corrected chi connectivity index (χ1v) is 10.6. The Morgan fingerprint density at radius 1 is 1.03 bits per heavy atom. The quantitative estimate of drug-likeness (QED) is 0.697. The number of pyridine rings is 1. The number of nitrogens with zero attached hydrogens (tertiary/aromatic N) is 2. The van der Waals surface area contributed by atoms with Crippen molar-refractivity contribution in [1.29, 1.82) is 0 Å². The molecular weight excluding hydrogens is 372 g/mol. The third-order valence-corrected chi connectivity index (χ3v) is 6.66. The molecule has 1 atom stereocenters. The van der Waals surface area contributed by atoms with Crippen molar-refractivity contribution in [3.05, 3.63) is 89.6 Å². The summed E-state index contributed by atoms with van der Waals surface area (Å²) in [5.74, 6) is 0.943. The van der Waals surface area contributed by atoms with E-state index >= 15 is 0 Å². The van der Waals surface area contributed by atoms with Gasteiger partial charge in [0, 0.05) is 42.0 Å². The van der Waals surface area contributed by atoms with Gasteiger partial charge in [-0.3, -0.25) is 4.79 Å². The molecule has 0 radical (unpaired) electrons. The number of aromatic nitrogens is 1. The number of rotatable bonds is 3. The van der Waals surface area contributed by atoms with Crippen molar-refractivity contribution in [3.8, 4) is 0 Å². The standard InChI is InChI=1S/C25H26N4O/c26-19-10-13-27-23(16-19)29-14-11-25(12-15-29)17-22(20-8-4-5-9-21(20)25)28-24(30)18-6-2-1-3-7-18/h1-10,13,16,22H,11-12,14-15,17H2,(H2,26,27)(H,28,30). The van der Waals surface area contributed by atoms with Crippen LogP contribution < -0.4 is 16.0 Å². The minimum absolute atomic E-state index is 0.00569. The van der Waals surface area contributed by atoms with E-state index in [4.69, 9.17) is 5.73 Å². The van der Waals surface area contributed by atoms with Crippen LogP contribution in [-0.4, -0.2) is 24.0 Å². The smallest absolute Gasteiger partial charge is 0.251 e. The molecule has 0 bridgehead atoms. The molecule has 2 aromatic carbocycles. The van der Waals surface area contributed by atoms with Crippen LogP contribution in [0.3, 0.4) is 0 Å². The van der Waals surface area contributed by atoms with E-state index in [-0.39, 0.29) is 17.4 Å². The third-order valence-electron chi connectivity index (χ3n) is 6.66. The molecule has 1 fully saturated rings. The van der Waals surface area contributed by atoms with Crippen LogP contribution in [-0.2, 0) is 5.41 Å². The number of amides is 1. The summed E-state index contributed by atoms with van der Waals surface area (Å²) in [4.78, 5) is 19.6. The molecule has 1 spiro atoms. The summed E-state index contributed by atoms with van der Waals surface area (Å²) in [5, 5.41) is 3.29. The molecule has 1 aromatic heterocycles. The third kappa shape index (κ3) is 3.30. The summed E-state index contributed by atoms with van der Waals surface area (Å²) < 4.78 is 0. The Hall–Kier alpha value is -3.34. The van der Waals surface area contributed by atoms with Crippen molar-refractivity contribution < 1.29 is 4.79 Å². The number of nitrogens with two attached hydrogens (primary N) is 1. The molecule has 1 amide bonds. The highest BCUT2D eigenvalue weighted by Crippen LogP contribution is 2.51. The molecule has 30 heavy (non-hydrogen) atoms. The fourth-order valence-electron chi connectivity index (χ4n) is 5.10. The van der Waals surface area contributed by atoms with Crippen LogP contribution in [0.4, 0.5) is 11.5 Å². The van der Waals surface area contributed by atoms with Gasteiger partial charge in [0.2, 0.25) is 0 Å². The average molecular weight is 399 g/mol. The lowest BCUT2D eigenvalue weighted by molar-refractivity contribution is 0.0931. The van der Waals surface area contributed by atoms with E-state index in [0.29, 0.717) is 5.56 Å². The monoisotopic (exact) mass is 398 g/mol. The van der Waals surface area contributed by atoms with Crippen LogP contribution in [0.15, 0.2) is 72.9 Å². The Labute approximate surface area is 176 Å². The van der Waals surface area contributed by atoms with Crippen LogP contribution in [0.1, 0.15) is 46.8 Å². The van der Waals surface area contributed by atoms with E-state index in [1.165, 1.54) is 11.1 Å². The predicted octanol–water partition coefficient (Wildman–Crippen LogP) is 4.08. The maximum Gasteiger partial charge on any atom is 0.251 e. The second-order valence-corrected chi connectivity index (χ2v) is 8.40. The first-order chi connectivity index (χ1) is 14.6. The number of anilines is 2. The van der Waals surface area contributed by atoms with Crippen LogP contribution in [0.2, 0.25) is 0 Å². The van der Waals surface area contributed by atoms with Crippen molar-refractivity contribution in [2.24, 2.45) is 0 Å². The normalized spacial score (nSPS) is 19.5. The molecule has 3 N–H and O–H groups in total. The summed E-state index contributed by atoms with van der Waals surface area (Å²) in [6.45, 7) is 1.87. The molecule has 1 saturated heterocycles. The topological polar surface area (TPSA) is 71.2 Å². The van der Waals surface area contributed by atoms with Gasteiger partial charge in [0.25, 0.3) is 5.91 Å². The van der Waals surface area contributed by atoms with Crippen molar-refractivity contribution in [3.63, 3.8) is 0 Å². The second kappa shape index (κ2) is 7.48. The van der Waals surface area contributed by atoms with Crippen molar-refractivity contribution in [2.45, 2.75) is 30.7 Å². The summed E-state index contributed by atoms with van der Waals surface area (Å²) in [6, 6.07) is 21.9. The van der Waals surface area contributed by atoms with Gasteiger partial charge < -0.3 is 16.0 Å². The number of nitrogens with one attached hydrogen (secondary N) is 1. The number of piperidine rings is 1.